The molecule has 7 nitrogen and oxygen atoms in total. The molecule has 4 aliphatic rings. The third kappa shape index (κ3) is 3.23. The molecule has 2 bridgehead atoms. The fraction of sp³-hybridized carbons (Fsp3) is 0.429. The Balaban J connectivity index is 1.52. The van der Waals surface area contributed by atoms with Crippen LogP contribution in [0.15, 0.2) is 53.5 Å². The monoisotopic (exact) mass is 531 g/mol. The number of hydrogen-bond donors (Lipinski definition) is 0. The van der Waals surface area contributed by atoms with Crippen molar-refractivity contribution in [3.8, 4) is 12.1 Å². The Morgan fingerprint density at radius 1 is 0.842 bits per heavy atom. The number of nitriles is 2. The molecule has 1 spiro atoms. The first-order valence-electron chi connectivity index (χ1n) is 12.7. The topological polar surface area (TPSA) is 72.9 Å². The van der Waals surface area contributed by atoms with Crippen LogP contribution in [0.4, 0.5) is 20.2 Å². The first-order chi connectivity index (χ1) is 18.3. The maximum absolute atomic E-state index is 13.8. The number of benzene rings is 2. The molecule has 2 atom stereocenters. The highest BCUT2D eigenvalue weighted by Gasteiger charge is 2.76. The predicted molar refractivity (Wildman–Crippen MR) is 144 cm³/mol. The number of hydrogen-bond acceptors (Lipinski definition) is 7. The number of thiocarbonyl (C=S) groups is 1. The Labute approximate surface area is 226 Å². The van der Waals surface area contributed by atoms with Crippen LogP contribution in [0.3, 0.4) is 0 Å². The van der Waals surface area contributed by atoms with Gasteiger partial charge in [-0.3, -0.25) is 0 Å². The summed E-state index contributed by atoms with van der Waals surface area (Å²) in [5.41, 5.74) is -1.43. The predicted octanol–water partition coefficient (Wildman–Crippen LogP) is 3.99. The molecule has 38 heavy (non-hydrogen) atoms. The minimum atomic E-state index is -1.14. The van der Waals surface area contributed by atoms with Gasteiger partial charge in [0.2, 0.25) is 0 Å². The van der Waals surface area contributed by atoms with Crippen LogP contribution in [0.25, 0.3) is 0 Å². The van der Waals surface area contributed by atoms with E-state index in [0.717, 1.165) is 24.5 Å². The van der Waals surface area contributed by atoms with Gasteiger partial charge in [0.15, 0.2) is 0 Å². The Kier molecular flexibility index (Phi) is 5.67. The molecular formula is C28H27F2N7S. The summed E-state index contributed by atoms with van der Waals surface area (Å²) >= 11 is 6.18. The second-order valence-electron chi connectivity index (χ2n) is 10.8. The molecule has 10 heteroatoms. The average molecular weight is 532 g/mol. The van der Waals surface area contributed by atoms with Gasteiger partial charge in [0.1, 0.15) is 40.0 Å². The van der Waals surface area contributed by atoms with E-state index >= 15 is 0 Å². The number of halogens is 2. The van der Waals surface area contributed by atoms with Crippen LogP contribution in [0.5, 0.6) is 0 Å². The van der Waals surface area contributed by atoms with E-state index in [1.165, 1.54) is 24.3 Å². The first-order valence-corrected chi connectivity index (χ1v) is 13.1. The normalized spacial score (nSPS) is 28.4. The number of amidine groups is 1. The lowest BCUT2D eigenvalue weighted by Gasteiger charge is -2.68. The summed E-state index contributed by atoms with van der Waals surface area (Å²) in [6.07, 6.45) is 1.30. The number of piperidine rings is 3. The van der Waals surface area contributed by atoms with Gasteiger partial charge in [-0.05, 0) is 81.5 Å². The molecule has 6 rings (SSSR count). The summed E-state index contributed by atoms with van der Waals surface area (Å²) in [6.45, 7) is 2.75. The molecule has 2 aromatic rings. The van der Waals surface area contributed by atoms with Crippen molar-refractivity contribution in [1.29, 1.82) is 10.5 Å². The van der Waals surface area contributed by atoms with Gasteiger partial charge in [0, 0.05) is 29.9 Å². The van der Waals surface area contributed by atoms with Crippen molar-refractivity contribution in [2.75, 3.05) is 56.4 Å². The van der Waals surface area contributed by atoms with Crippen LogP contribution in [-0.4, -0.2) is 67.2 Å². The molecule has 2 unspecified atom stereocenters. The zero-order valence-electron chi connectivity index (χ0n) is 21.1. The maximum Gasteiger partial charge on any atom is 0.140 e. The minimum Gasteiger partial charge on any atom is -0.367 e. The molecule has 0 aromatic heterocycles. The third-order valence-electron chi connectivity index (χ3n) is 9.05. The summed E-state index contributed by atoms with van der Waals surface area (Å²) in [6, 6.07) is 17.7. The van der Waals surface area contributed by atoms with E-state index in [-0.39, 0.29) is 18.3 Å². The number of nitrogens with zero attached hydrogens (tertiary/aromatic N) is 7. The van der Waals surface area contributed by atoms with E-state index in [0.29, 0.717) is 43.4 Å². The number of rotatable bonds is 2. The van der Waals surface area contributed by atoms with Crippen molar-refractivity contribution in [2.45, 2.75) is 12.8 Å². The van der Waals surface area contributed by atoms with Crippen molar-refractivity contribution in [2.24, 2.45) is 21.2 Å². The van der Waals surface area contributed by atoms with E-state index < -0.39 is 16.2 Å². The van der Waals surface area contributed by atoms with Gasteiger partial charge in [0.25, 0.3) is 0 Å². The summed E-state index contributed by atoms with van der Waals surface area (Å²) in [4.78, 5) is 13.5. The lowest BCUT2D eigenvalue weighted by Crippen LogP contribution is -2.80. The van der Waals surface area contributed by atoms with E-state index in [9.17, 15) is 19.3 Å². The molecule has 0 saturated carbocycles. The Morgan fingerprint density at radius 3 is 1.92 bits per heavy atom. The molecule has 0 amide bonds. The van der Waals surface area contributed by atoms with Crippen LogP contribution < -0.4 is 9.80 Å². The molecular weight excluding hydrogens is 504 g/mol. The SMILES string of the molecule is CN1CCC2(CC1)C1(C#N)CN(c3ccc(F)cc3)CC2(C#N)C2=NCN(c3ccc(F)cc3)CN2C1=S. The first kappa shape index (κ1) is 24.7. The number of anilines is 2. The maximum atomic E-state index is 13.8. The van der Waals surface area contributed by atoms with Crippen molar-refractivity contribution in [3.63, 3.8) is 0 Å². The summed E-state index contributed by atoms with van der Waals surface area (Å²) < 4.78 is 27.4. The highest BCUT2D eigenvalue weighted by Crippen LogP contribution is 2.66. The van der Waals surface area contributed by atoms with E-state index in [1.54, 1.807) is 24.3 Å². The van der Waals surface area contributed by atoms with Gasteiger partial charge < -0.3 is 19.6 Å². The fourth-order valence-corrected chi connectivity index (χ4v) is 7.46. The molecule has 2 aromatic carbocycles. The lowest BCUT2D eigenvalue weighted by atomic mass is 9.43. The zero-order chi connectivity index (χ0) is 26.7. The van der Waals surface area contributed by atoms with Gasteiger partial charge in [-0.1, -0.05) is 12.2 Å². The van der Waals surface area contributed by atoms with Crippen LogP contribution >= 0.6 is 12.2 Å². The zero-order valence-corrected chi connectivity index (χ0v) is 21.9. The van der Waals surface area contributed by atoms with Crippen molar-refractivity contribution >= 4 is 34.4 Å². The largest absolute Gasteiger partial charge is 0.367 e. The summed E-state index contributed by atoms with van der Waals surface area (Å²) in [5.74, 6) is -0.0671. The smallest absolute Gasteiger partial charge is 0.140 e. The van der Waals surface area contributed by atoms with Gasteiger partial charge in [0.05, 0.1) is 18.8 Å². The van der Waals surface area contributed by atoms with Crippen molar-refractivity contribution in [3.05, 3.63) is 60.2 Å². The van der Waals surface area contributed by atoms with E-state index in [4.69, 9.17) is 17.2 Å². The van der Waals surface area contributed by atoms with Gasteiger partial charge >= 0.3 is 0 Å². The number of fused-ring (bicyclic) bond motifs is 2. The second kappa shape index (κ2) is 8.72. The molecule has 4 aliphatic heterocycles. The minimum absolute atomic E-state index is 0.287. The highest BCUT2D eigenvalue weighted by atomic mass is 32.1. The van der Waals surface area contributed by atoms with Gasteiger partial charge in [-0.15, -0.1) is 0 Å². The molecule has 3 fully saturated rings. The van der Waals surface area contributed by atoms with Gasteiger partial charge in [-0.2, -0.15) is 10.5 Å². The fourth-order valence-electron chi connectivity index (χ4n) is 7.01. The van der Waals surface area contributed by atoms with Crippen LogP contribution in [-0.2, 0) is 0 Å². The van der Waals surface area contributed by atoms with Crippen LogP contribution in [0, 0.1) is 50.5 Å². The molecule has 0 N–H and O–H groups in total. The Hall–Kier alpha value is -3.60. The highest BCUT2D eigenvalue weighted by molar-refractivity contribution is 7.80. The van der Waals surface area contributed by atoms with Crippen LogP contribution in [0.1, 0.15) is 12.8 Å². The Morgan fingerprint density at radius 2 is 1.37 bits per heavy atom. The standard InChI is InChI=1S/C28H27F2N7S/c1-34-12-10-28(11-13-34)26(14-31)16-35(22-6-2-20(29)3-7-22)17-27(28,15-32)25(38)37-19-36(18-33-24(26)37)23-8-4-21(30)5-9-23/h2-9H,10-13,16-19H2,1H3. The second-order valence-corrected chi connectivity index (χ2v) is 11.2. The third-order valence-corrected chi connectivity index (χ3v) is 9.62. The molecule has 0 aliphatic carbocycles. The van der Waals surface area contributed by atoms with Gasteiger partial charge in [-0.25, -0.2) is 13.8 Å². The summed E-state index contributed by atoms with van der Waals surface area (Å²) in [5, 5.41) is 22.1. The summed E-state index contributed by atoms with van der Waals surface area (Å²) in [7, 11) is 2.05. The number of likely N-dealkylation sites (tertiary alicyclic amines) is 1. The van der Waals surface area contributed by atoms with Crippen molar-refractivity contribution in [1.82, 2.24) is 9.80 Å². The van der Waals surface area contributed by atoms with Crippen LogP contribution in [0.2, 0.25) is 0 Å². The number of aliphatic imine (C=N–C) groups is 1. The molecule has 4 heterocycles. The van der Waals surface area contributed by atoms with Crippen molar-refractivity contribution < 1.29 is 8.78 Å². The average Bonchev–Trinajstić information content (AvgIpc) is 2.94. The molecule has 194 valence electrons. The molecule has 3 saturated heterocycles. The van der Waals surface area contributed by atoms with E-state index in [2.05, 4.69) is 24.1 Å². The Bertz CT molecular complexity index is 1390. The van der Waals surface area contributed by atoms with E-state index in [1.807, 2.05) is 14.7 Å². The quantitative estimate of drug-likeness (QED) is 0.543. The lowest BCUT2D eigenvalue weighted by molar-refractivity contribution is -0.0395. The molecule has 0 radical (unpaired) electrons.